The number of benzene rings is 2. The number of aliphatic carboxylic acids is 1. The molecule has 4 amide bonds. The Labute approximate surface area is 269 Å². The van der Waals surface area contributed by atoms with Crippen LogP contribution in [0.25, 0.3) is 10.9 Å². The first-order valence-corrected chi connectivity index (χ1v) is 15.1. The lowest BCUT2D eigenvalue weighted by atomic mass is 10.0. The molecule has 0 radical (unpaired) electrons. The van der Waals surface area contributed by atoms with Crippen LogP contribution in [0.2, 0.25) is 0 Å². The number of amides is 4. The standard InChI is InChI=1S/C32H38N6O9/c1-37-24-8-7-21(15-22(24)29(43)28(32(37)46)31(45)35-19-27(41)42)17-33-26(40)18-34-30(44)23(16-20-5-3-2-4-6-20)36-25(39)9-10-38-11-13-47-14-12-38/h2-8,15,23,43H,9-14,16-19H2,1H3,(H,33,40)(H,34,44)(H,35,45)(H,36,39)(H,41,42)/t23-/m1/s1. The molecule has 0 aliphatic carbocycles. The monoisotopic (exact) mass is 650 g/mol. The Kier molecular flexibility index (Phi) is 12.0. The van der Waals surface area contributed by atoms with Gasteiger partial charge in [0.1, 0.15) is 23.9 Å². The minimum absolute atomic E-state index is 0.0147. The van der Waals surface area contributed by atoms with Crippen molar-refractivity contribution in [1.29, 1.82) is 0 Å². The van der Waals surface area contributed by atoms with Gasteiger partial charge in [-0.2, -0.15) is 0 Å². The Hall–Kier alpha value is -5.28. The Morgan fingerprint density at radius 3 is 2.34 bits per heavy atom. The zero-order valence-electron chi connectivity index (χ0n) is 25.9. The van der Waals surface area contributed by atoms with Gasteiger partial charge in [-0.05, 0) is 23.3 Å². The molecule has 1 fully saturated rings. The van der Waals surface area contributed by atoms with Crippen LogP contribution >= 0.6 is 0 Å². The van der Waals surface area contributed by atoms with Gasteiger partial charge in [0.2, 0.25) is 17.7 Å². The number of aromatic hydroxyl groups is 1. The van der Waals surface area contributed by atoms with E-state index in [-0.39, 0.29) is 37.2 Å². The van der Waals surface area contributed by atoms with Crippen molar-refractivity contribution in [1.82, 2.24) is 30.7 Å². The molecule has 3 aromatic rings. The summed E-state index contributed by atoms with van der Waals surface area (Å²) in [6.45, 7) is 2.13. The Morgan fingerprint density at radius 2 is 1.64 bits per heavy atom. The highest BCUT2D eigenvalue weighted by Crippen LogP contribution is 2.27. The predicted octanol–water partition coefficient (Wildman–Crippen LogP) is -0.759. The third-order valence-corrected chi connectivity index (χ3v) is 7.67. The molecule has 1 aliphatic rings. The van der Waals surface area contributed by atoms with E-state index in [0.29, 0.717) is 30.8 Å². The van der Waals surface area contributed by atoms with Crippen molar-refractivity contribution in [3.63, 3.8) is 0 Å². The van der Waals surface area contributed by atoms with E-state index in [0.717, 1.165) is 23.2 Å². The number of carbonyl (C=O) groups excluding carboxylic acids is 4. The van der Waals surface area contributed by atoms with Crippen LogP contribution in [0.15, 0.2) is 53.3 Å². The molecule has 0 bridgehead atoms. The smallest absolute Gasteiger partial charge is 0.322 e. The third kappa shape index (κ3) is 9.61. The number of rotatable bonds is 14. The van der Waals surface area contributed by atoms with Crippen LogP contribution < -0.4 is 26.8 Å². The number of hydrogen-bond donors (Lipinski definition) is 6. The topological polar surface area (TPSA) is 208 Å². The predicted molar refractivity (Wildman–Crippen MR) is 170 cm³/mol. The zero-order chi connectivity index (χ0) is 33.9. The maximum absolute atomic E-state index is 13.1. The summed E-state index contributed by atoms with van der Waals surface area (Å²) < 4.78 is 6.48. The van der Waals surface area contributed by atoms with Gasteiger partial charge in [-0.1, -0.05) is 36.4 Å². The second-order valence-electron chi connectivity index (χ2n) is 11.0. The van der Waals surface area contributed by atoms with E-state index in [2.05, 4.69) is 26.2 Å². The summed E-state index contributed by atoms with van der Waals surface area (Å²) in [7, 11) is 1.40. The molecule has 4 rings (SSSR count). The Bertz CT molecular complexity index is 1690. The summed E-state index contributed by atoms with van der Waals surface area (Å²) in [6, 6.07) is 12.9. The SMILES string of the molecule is Cn1c(=O)c(C(=O)NCC(=O)O)c(O)c2cc(CNC(=O)CNC(=O)[C@@H](Cc3ccccc3)NC(=O)CCN3CCOCC3)ccc21. The van der Waals surface area contributed by atoms with Crippen LogP contribution in [-0.2, 0) is 43.9 Å². The minimum atomic E-state index is -1.32. The number of morpholine rings is 1. The van der Waals surface area contributed by atoms with E-state index >= 15 is 0 Å². The van der Waals surface area contributed by atoms with E-state index in [1.54, 1.807) is 6.07 Å². The first-order chi connectivity index (χ1) is 22.5. The molecule has 0 spiro atoms. The van der Waals surface area contributed by atoms with Gasteiger partial charge in [0.05, 0.1) is 25.3 Å². The summed E-state index contributed by atoms with van der Waals surface area (Å²) in [5.74, 6) is -4.30. The van der Waals surface area contributed by atoms with Crippen molar-refractivity contribution in [3.8, 4) is 5.75 Å². The number of ether oxygens (including phenoxy) is 1. The number of nitrogens with zero attached hydrogens (tertiary/aromatic N) is 2. The van der Waals surface area contributed by atoms with Gasteiger partial charge in [0.15, 0.2) is 0 Å². The normalized spacial score (nSPS) is 13.8. The summed E-state index contributed by atoms with van der Waals surface area (Å²) >= 11 is 0. The molecule has 15 heteroatoms. The molecule has 2 heterocycles. The highest BCUT2D eigenvalue weighted by atomic mass is 16.5. The van der Waals surface area contributed by atoms with Gasteiger partial charge >= 0.3 is 5.97 Å². The third-order valence-electron chi connectivity index (χ3n) is 7.67. The fourth-order valence-corrected chi connectivity index (χ4v) is 5.10. The lowest BCUT2D eigenvalue weighted by Gasteiger charge is -2.26. The number of carboxylic acids is 1. The molecule has 2 aromatic carbocycles. The first kappa shape index (κ1) is 34.6. The molecule has 0 unspecified atom stereocenters. The van der Waals surface area contributed by atoms with Crippen molar-refractivity contribution < 1.29 is 38.9 Å². The molecule has 1 aliphatic heterocycles. The second kappa shape index (κ2) is 16.3. The maximum Gasteiger partial charge on any atom is 0.322 e. The number of fused-ring (bicyclic) bond motifs is 1. The van der Waals surface area contributed by atoms with Crippen LogP contribution in [-0.4, -0.2) is 101 Å². The largest absolute Gasteiger partial charge is 0.506 e. The van der Waals surface area contributed by atoms with Gasteiger partial charge in [-0.3, -0.25) is 33.7 Å². The van der Waals surface area contributed by atoms with Crippen molar-refractivity contribution >= 4 is 40.5 Å². The number of aromatic nitrogens is 1. The molecule has 250 valence electrons. The van der Waals surface area contributed by atoms with Crippen molar-refractivity contribution in [3.05, 3.63) is 75.6 Å². The number of pyridine rings is 1. The molecule has 47 heavy (non-hydrogen) atoms. The van der Waals surface area contributed by atoms with Crippen molar-refractivity contribution in [2.45, 2.75) is 25.4 Å². The maximum atomic E-state index is 13.1. The fraction of sp³-hybridized carbons (Fsp3) is 0.375. The first-order valence-electron chi connectivity index (χ1n) is 15.1. The average molecular weight is 651 g/mol. The van der Waals surface area contributed by atoms with Crippen LogP contribution in [0.3, 0.4) is 0 Å². The quantitative estimate of drug-likeness (QED) is 0.129. The lowest BCUT2D eigenvalue weighted by molar-refractivity contribution is -0.135. The number of hydrogen-bond acceptors (Lipinski definition) is 9. The molecule has 1 atom stereocenters. The van der Waals surface area contributed by atoms with E-state index in [4.69, 9.17) is 9.84 Å². The van der Waals surface area contributed by atoms with Crippen LogP contribution in [0.4, 0.5) is 0 Å². The van der Waals surface area contributed by atoms with E-state index in [9.17, 15) is 33.9 Å². The Balaban J connectivity index is 1.36. The van der Waals surface area contributed by atoms with E-state index < -0.39 is 53.1 Å². The minimum Gasteiger partial charge on any atom is -0.506 e. The molecule has 6 N–H and O–H groups in total. The number of carboxylic acid groups (broad SMARTS) is 1. The second-order valence-corrected chi connectivity index (χ2v) is 11.0. The average Bonchev–Trinajstić information content (AvgIpc) is 3.07. The van der Waals surface area contributed by atoms with Crippen molar-refractivity contribution in [2.75, 3.05) is 45.9 Å². The summed E-state index contributed by atoms with van der Waals surface area (Å²) in [4.78, 5) is 76.7. The molecular formula is C32H38N6O9. The van der Waals surface area contributed by atoms with Crippen LogP contribution in [0, 0.1) is 0 Å². The van der Waals surface area contributed by atoms with Gasteiger partial charge < -0.3 is 40.8 Å². The highest BCUT2D eigenvalue weighted by Gasteiger charge is 2.24. The van der Waals surface area contributed by atoms with Crippen molar-refractivity contribution in [2.24, 2.45) is 7.05 Å². The fourth-order valence-electron chi connectivity index (χ4n) is 5.10. The van der Waals surface area contributed by atoms with Gasteiger partial charge in [0, 0.05) is 51.5 Å². The van der Waals surface area contributed by atoms with Gasteiger partial charge in [-0.25, -0.2) is 0 Å². The zero-order valence-corrected chi connectivity index (χ0v) is 25.9. The molecule has 1 saturated heterocycles. The molecular weight excluding hydrogens is 612 g/mol. The van der Waals surface area contributed by atoms with Gasteiger partial charge in [0.25, 0.3) is 11.5 Å². The number of carbonyl (C=O) groups is 5. The Morgan fingerprint density at radius 1 is 0.915 bits per heavy atom. The number of nitrogens with one attached hydrogen (secondary N) is 4. The summed E-state index contributed by atoms with van der Waals surface area (Å²) in [5.41, 5.74) is 0.237. The van der Waals surface area contributed by atoms with E-state index in [1.807, 2.05) is 30.3 Å². The molecule has 1 aromatic heterocycles. The summed E-state index contributed by atoms with van der Waals surface area (Å²) in [5, 5.41) is 29.8. The summed E-state index contributed by atoms with van der Waals surface area (Å²) in [6.07, 6.45) is 0.444. The van der Waals surface area contributed by atoms with Crippen LogP contribution in [0.5, 0.6) is 5.75 Å². The van der Waals surface area contributed by atoms with Crippen LogP contribution in [0.1, 0.15) is 27.9 Å². The number of aryl methyl sites for hydroxylation is 1. The molecule has 0 saturated carbocycles. The van der Waals surface area contributed by atoms with E-state index in [1.165, 1.54) is 19.2 Å². The lowest BCUT2D eigenvalue weighted by Crippen LogP contribution is -2.50. The van der Waals surface area contributed by atoms with Gasteiger partial charge in [-0.15, -0.1) is 0 Å². The molecule has 15 nitrogen and oxygen atoms in total. The highest BCUT2D eigenvalue weighted by molar-refractivity contribution is 6.03.